The number of benzene rings is 3. The van der Waals surface area contributed by atoms with E-state index in [0.717, 1.165) is 11.0 Å². The highest BCUT2D eigenvalue weighted by molar-refractivity contribution is 6.25. The minimum Gasteiger partial charge on any atom is -0.454 e. The van der Waals surface area contributed by atoms with Crippen LogP contribution in [-0.2, 0) is 19.1 Å². The number of nitrogen functional groups attached to an aromatic ring is 1. The van der Waals surface area contributed by atoms with Gasteiger partial charge in [0.25, 0.3) is 17.7 Å². The highest BCUT2D eigenvalue weighted by Gasteiger charge is 2.45. The number of anilines is 2. The monoisotopic (exact) mass is 770 g/mol. The normalized spacial score (nSPS) is 18.2. The predicted molar refractivity (Wildman–Crippen MR) is 194 cm³/mol. The van der Waals surface area contributed by atoms with Gasteiger partial charge in [0.15, 0.2) is 11.6 Å². The van der Waals surface area contributed by atoms with E-state index < -0.39 is 47.2 Å². The molecule has 6 N–H and O–H groups in total. The third-order valence-electron chi connectivity index (χ3n) is 9.79. The van der Waals surface area contributed by atoms with Crippen molar-refractivity contribution < 1.29 is 47.0 Å². The van der Waals surface area contributed by atoms with Gasteiger partial charge in [0.05, 0.1) is 23.8 Å². The predicted octanol–water partition coefficient (Wildman–Crippen LogP) is 3.00. The molecule has 1 aromatic heterocycles. The van der Waals surface area contributed by atoms with E-state index in [-0.39, 0.29) is 90.8 Å². The van der Waals surface area contributed by atoms with Crippen LogP contribution in [0, 0.1) is 11.6 Å². The zero-order chi connectivity index (χ0) is 39.7. The lowest BCUT2D eigenvalue weighted by atomic mass is 10.0. The largest absolute Gasteiger partial charge is 0.454 e. The van der Waals surface area contributed by atoms with Gasteiger partial charge in [-0.1, -0.05) is 6.07 Å². The lowest BCUT2D eigenvalue weighted by molar-refractivity contribution is -0.138. The summed E-state index contributed by atoms with van der Waals surface area (Å²) in [7, 11) is 0. The van der Waals surface area contributed by atoms with Crippen molar-refractivity contribution in [1.29, 1.82) is 0 Å². The number of halogens is 2. The molecule has 3 aromatic carbocycles. The molecule has 0 radical (unpaired) electrons. The molecule has 4 aromatic rings. The van der Waals surface area contributed by atoms with E-state index in [9.17, 15) is 37.5 Å². The van der Waals surface area contributed by atoms with Crippen molar-refractivity contribution in [1.82, 2.24) is 24.9 Å². The number of carbonyl (C=O) groups excluding carboxylic acids is 6. The van der Waals surface area contributed by atoms with Crippen molar-refractivity contribution in [2.75, 3.05) is 43.9 Å². The van der Waals surface area contributed by atoms with E-state index in [1.165, 1.54) is 28.9 Å². The van der Waals surface area contributed by atoms with Crippen molar-refractivity contribution in [3.8, 4) is 22.8 Å². The van der Waals surface area contributed by atoms with Crippen LogP contribution in [0.4, 0.5) is 20.3 Å². The van der Waals surface area contributed by atoms with E-state index in [4.69, 9.17) is 20.9 Å². The Labute approximate surface area is 317 Å². The summed E-state index contributed by atoms with van der Waals surface area (Å²) >= 11 is 0. The number of aromatic nitrogens is 2. The lowest BCUT2D eigenvalue weighted by Gasteiger charge is -2.33. The summed E-state index contributed by atoms with van der Waals surface area (Å²) in [4.78, 5) is 78.7. The number of nitrogens with zero attached hydrogens (tertiary/aromatic N) is 4. The fraction of sp³-hybridized carbons (Fsp3) is 0.289. The molecule has 2 atom stereocenters. The van der Waals surface area contributed by atoms with Crippen LogP contribution < -0.4 is 26.8 Å². The van der Waals surface area contributed by atoms with Crippen LogP contribution in [0.1, 0.15) is 62.8 Å². The van der Waals surface area contributed by atoms with E-state index in [1.54, 1.807) is 29.2 Å². The molecular formula is C38H36F2N8O8. The summed E-state index contributed by atoms with van der Waals surface area (Å²) in [5.41, 5.74) is 13.4. The number of primary amides is 1. The summed E-state index contributed by atoms with van der Waals surface area (Å²) in [5.74, 6) is -5.00. The average Bonchev–Trinajstić information content (AvgIpc) is 3.66. The van der Waals surface area contributed by atoms with Crippen LogP contribution in [0.25, 0.3) is 11.3 Å². The molecule has 290 valence electrons. The number of nitrogens with one attached hydrogen (secondary N) is 2. The van der Waals surface area contributed by atoms with E-state index in [1.807, 2.05) is 0 Å². The summed E-state index contributed by atoms with van der Waals surface area (Å²) in [6, 6.07) is 12.4. The molecule has 2 fully saturated rings. The second-order valence-corrected chi connectivity index (χ2v) is 13.4. The maximum atomic E-state index is 14.1. The first-order chi connectivity index (χ1) is 26.9. The number of ether oxygens (including phenoxy) is 2. The van der Waals surface area contributed by atoms with Crippen LogP contribution in [0.5, 0.6) is 11.5 Å². The molecular weight excluding hydrogens is 734 g/mol. The van der Waals surface area contributed by atoms with Crippen molar-refractivity contribution in [2.45, 2.75) is 37.8 Å². The maximum Gasteiger partial charge on any atom is 0.264 e. The smallest absolute Gasteiger partial charge is 0.264 e. The molecule has 0 spiro atoms. The molecule has 0 saturated carbocycles. The first-order valence-corrected chi connectivity index (χ1v) is 17.8. The second kappa shape index (κ2) is 15.6. The average molecular weight is 771 g/mol. The van der Waals surface area contributed by atoms with Gasteiger partial charge in [-0.3, -0.25) is 39.0 Å². The number of carbonyl (C=O) groups is 6. The summed E-state index contributed by atoms with van der Waals surface area (Å²) in [6.07, 6.45) is 1.28. The van der Waals surface area contributed by atoms with Crippen LogP contribution in [0.3, 0.4) is 0 Å². The maximum absolute atomic E-state index is 14.1. The van der Waals surface area contributed by atoms with Crippen LogP contribution >= 0.6 is 0 Å². The summed E-state index contributed by atoms with van der Waals surface area (Å²) in [6.45, 7) is 0.705. The molecule has 0 aliphatic carbocycles. The molecule has 4 heterocycles. The van der Waals surface area contributed by atoms with E-state index in [0.29, 0.717) is 36.7 Å². The zero-order valence-corrected chi connectivity index (χ0v) is 29.8. The molecule has 0 bridgehead atoms. The van der Waals surface area contributed by atoms with Gasteiger partial charge in [-0.2, -0.15) is 5.10 Å². The van der Waals surface area contributed by atoms with Gasteiger partial charge in [-0.05, 0) is 67.8 Å². The lowest BCUT2D eigenvalue weighted by Crippen LogP contribution is -2.54. The van der Waals surface area contributed by atoms with Gasteiger partial charge in [-0.15, -0.1) is 0 Å². The first-order valence-electron chi connectivity index (χ1n) is 17.8. The van der Waals surface area contributed by atoms with E-state index >= 15 is 0 Å². The van der Waals surface area contributed by atoms with Crippen LogP contribution in [0.2, 0.25) is 0 Å². The Bertz CT molecular complexity index is 2260. The molecule has 1 unspecified atom stereocenters. The number of imide groups is 2. The third-order valence-corrected chi connectivity index (χ3v) is 9.79. The Hall–Kier alpha value is -6.69. The SMILES string of the molecule is NC(=O)c1c(-c2ccc(Oc3ccc(F)cc3F)cc2)nn([C@@H]2CCCN(C(=O)COCCNc3cccc4c3C(=O)N(C3CCC(=O)NC3=O)C4=O)C2)c1N. The topological polar surface area (TPSA) is 221 Å². The van der Waals surface area contributed by atoms with Crippen molar-refractivity contribution >= 4 is 46.9 Å². The Morgan fingerprint density at radius 2 is 1.79 bits per heavy atom. The fourth-order valence-electron chi connectivity index (χ4n) is 7.09. The standard InChI is InChI=1S/C38H36F2N8O8/c39-21-8-12-28(25(40)17-21)56-23-9-6-20(7-10-23)33-32(35(42)51)34(41)48(45-33)22-3-2-15-46(18-22)30(50)19-55-16-14-43-26-5-1-4-24-31(26)38(54)47(37(24)53)27-11-13-29(49)44-36(27)52/h1,4-10,12,17,22,27,43H,2-3,11,13-16,18-19,41H2,(H2,42,51)(H,44,49,52)/t22-,27?/m1/s1. The van der Waals surface area contributed by atoms with Gasteiger partial charge in [0.2, 0.25) is 17.7 Å². The minimum absolute atomic E-state index is 0.00124. The number of piperidine rings is 2. The Kier molecular flexibility index (Phi) is 10.5. The quantitative estimate of drug-likeness (QED) is 0.121. The molecule has 16 nitrogen and oxygen atoms in total. The van der Waals surface area contributed by atoms with E-state index in [2.05, 4.69) is 15.7 Å². The molecule has 18 heteroatoms. The van der Waals surface area contributed by atoms with Crippen LogP contribution in [0.15, 0.2) is 60.7 Å². The second-order valence-electron chi connectivity index (χ2n) is 13.4. The molecule has 56 heavy (non-hydrogen) atoms. The molecule has 2 saturated heterocycles. The molecule has 3 aliphatic rings. The van der Waals surface area contributed by atoms with Crippen molar-refractivity contribution in [3.63, 3.8) is 0 Å². The zero-order valence-electron chi connectivity index (χ0n) is 29.8. The highest BCUT2D eigenvalue weighted by atomic mass is 19.1. The van der Waals surface area contributed by atoms with Crippen molar-refractivity contribution in [3.05, 3.63) is 89.0 Å². The third kappa shape index (κ3) is 7.37. The number of nitrogens with two attached hydrogens (primary N) is 2. The highest BCUT2D eigenvalue weighted by Crippen LogP contribution is 2.35. The van der Waals surface area contributed by atoms with Gasteiger partial charge in [-0.25, -0.2) is 13.5 Å². The number of hydrogen-bond acceptors (Lipinski definition) is 11. The first kappa shape index (κ1) is 37.6. The number of amides is 6. The number of fused-ring (bicyclic) bond motifs is 1. The Balaban J connectivity index is 0.944. The van der Waals surface area contributed by atoms with Gasteiger partial charge >= 0.3 is 0 Å². The van der Waals surface area contributed by atoms with Gasteiger partial charge in [0.1, 0.15) is 41.3 Å². The minimum atomic E-state index is -1.09. The van der Waals surface area contributed by atoms with Gasteiger partial charge in [0, 0.05) is 43.4 Å². The summed E-state index contributed by atoms with van der Waals surface area (Å²) in [5, 5.41) is 9.88. The molecule has 6 amide bonds. The fourth-order valence-corrected chi connectivity index (χ4v) is 7.09. The van der Waals surface area contributed by atoms with Gasteiger partial charge < -0.3 is 31.2 Å². The Morgan fingerprint density at radius 3 is 2.52 bits per heavy atom. The summed E-state index contributed by atoms with van der Waals surface area (Å²) < 4.78 is 40.1. The van der Waals surface area contributed by atoms with Crippen molar-refractivity contribution in [2.24, 2.45) is 5.73 Å². The Morgan fingerprint density at radius 1 is 1.00 bits per heavy atom. The number of rotatable bonds is 12. The molecule has 3 aliphatic heterocycles. The van der Waals surface area contributed by atoms with Crippen LogP contribution in [-0.4, -0.2) is 93.9 Å². The molecule has 7 rings (SSSR count). The number of hydrogen-bond donors (Lipinski definition) is 4. The number of likely N-dealkylation sites (tertiary alicyclic amines) is 1.